The van der Waals surface area contributed by atoms with Gasteiger partial charge in [-0.15, -0.1) is 0 Å². The second-order valence-electron chi connectivity index (χ2n) is 5.74. The third-order valence-corrected chi connectivity index (χ3v) is 3.45. The molecule has 0 aliphatic carbocycles. The lowest BCUT2D eigenvalue weighted by Crippen LogP contribution is -2.48. The summed E-state index contributed by atoms with van der Waals surface area (Å²) in [6.07, 6.45) is 1.42. The summed E-state index contributed by atoms with van der Waals surface area (Å²) in [6, 6.07) is 9.54. The number of nitrogens with zero attached hydrogens (tertiary/aromatic N) is 3. The summed E-state index contributed by atoms with van der Waals surface area (Å²) in [5.41, 5.74) is 0.0191. The Labute approximate surface area is 127 Å². The van der Waals surface area contributed by atoms with Crippen LogP contribution in [0.5, 0.6) is 5.75 Å². The lowest BCUT2D eigenvalue weighted by atomic mass is 10.0. The monoisotopic (exact) mass is 301 g/mol. The second-order valence-corrected chi connectivity index (χ2v) is 5.74. The van der Waals surface area contributed by atoms with Gasteiger partial charge < -0.3 is 9.94 Å². The number of anilines is 2. The number of hydrogen-bond acceptors (Lipinski definition) is 5. The largest absolute Gasteiger partial charge is 0.711 e. The third-order valence-electron chi connectivity index (χ3n) is 3.45. The van der Waals surface area contributed by atoms with Crippen molar-refractivity contribution in [1.82, 2.24) is 0 Å². The first-order valence-electron chi connectivity index (χ1n) is 6.81. The fraction of sp³-hybridized carbons (Fsp3) is 0.267. The highest BCUT2D eigenvalue weighted by atomic mass is 16.6. The molecule has 0 radical (unpaired) electrons. The van der Waals surface area contributed by atoms with Crippen LogP contribution in [0.15, 0.2) is 42.6 Å². The first-order chi connectivity index (χ1) is 10.4. The Kier molecular flexibility index (Phi) is 3.13. The molecule has 0 fully saturated rings. The minimum Gasteiger partial charge on any atom is -0.711 e. The molecule has 22 heavy (non-hydrogen) atoms. The van der Waals surface area contributed by atoms with Crippen LogP contribution in [0.2, 0.25) is 0 Å². The molecular weight excluding hydrogens is 286 g/mol. The van der Waals surface area contributed by atoms with Crippen LogP contribution in [-0.2, 0) is 0 Å². The average Bonchev–Trinajstić information content (AvgIpc) is 2.45. The van der Waals surface area contributed by atoms with Crippen LogP contribution in [0.25, 0.3) is 0 Å². The fourth-order valence-corrected chi connectivity index (χ4v) is 2.55. The van der Waals surface area contributed by atoms with E-state index in [0.29, 0.717) is 23.8 Å². The maximum Gasteiger partial charge on any atom is 0.285 e. The number of benzene rings is 1. The predicted molar refractivity (Wildman–Crippen MR) is 80.2 cm³/mol. The van der Waals surface area contributed by atoms with Crippen LogP contribution < -0.4 is 14.4 Å². The van der Waals surface area contributed by atoms with Crippen LogP contribution >= 0.6 is 0 Å². The van der Waals surface area contributed by atoms with Gasteiger partial charge in [0.25, 0.3) is 11.5 Å². The van der Waals surface area contributed by atoms with Gasteiger partial charge in [0.2, 0.25) is 0 Å². The van der Waals surface area contributed by atoms with Crippen LogP contribution in [0.3, 0.4) is 0 Å². The fourth-order valence-electron chi connectivity index (χ4n) is 2.55. The van der Waals surface area contributed by atoms with E-state index in [0.717, 1.165) is 4.73 Å². The van der Waals surface area contributed by atoms with E-state index in [2.05, 4.69) is 0 Å². The molecule has 1 aliphatic heterocycles. The molecule has 2 heterocycles. The number of ether oxygens (including phenoxy) is 1. The number of nitro benzene ring substituents is 1. The van der Waals surface area contributed by atoms with E-state index in [1.165, 1.54) is 18.3 Å². The number of pyridine rings is 1. The van der Waals surface area contributed by atoms with Gasteiger partial charge in [0.05, 0.1) is 17.2 Å². The molecule has 1 aromatic heterocycles. The minimum absolute atomic E-state index is 0.0422. The van der Waals surface area contributed by atoms with E-state index >= 15 is 0 Å². The van der Waals surface area contributed by atoms with Gasteiger partial charge in [-0.1, -0.05) is 6.07 Å². The summed E-state index contributed by atoms with van der Waals surface area (Å²) < 4.78 is 6.61. The highest BCUT2D eigenvalue weighted by molar-refractivity contribution is 5.70. The molecule has 3 rings (SSSR count). The second kappa shape index (κ2) is 4.87. The summed E-state index contributed by atoms with van der Waals surface area (Å²) >= 11 is 0. The number of rotatable bonds is 2. The molecule has 1 aliphatic rings. The Morgan fingerprint density at radius 2 is 2.09 bits per heavy atom. The van der Waals surface area contributed by atoms with Crippen LogP contribution in [0.1, 0.15) is 13.8 Å². The summed E-state index contributed by atoms with van der Waals surface area (Å²) in [5.74, 6) is 0.850. The van der Waals surface area contributed by atoms with Crippen molar-refractivity contribution in [1.29, 1.82) is 0 Å². The van der Waals surface area contributed by atoms with Gasteiger partial charge in [-0.2, -0.15) is 0 Å². The number of hydrogen-bond donors (Lipinski definition) is 0. The zero-order valence-corrected chi connectivity index (χ0v) is 12.2. The SMILES string of the molecule is CC1(C)CN(c2cccc[n+]2[O-])c2ccc([N+](=O)[O-])cc2O1. The van der Waals surface area contributed by atoms with Gasteiger partial charge in [-0.3, -0.25) is 10.1 Å². The van der Waals surface area contributed by atoms with E-state index in [9.17, 15) is 15.3 Å². The number of nitro groups is 1. The highest BCUT2D eigenvalue weighted by Gasteiger charge is 2.39. The van der Waals surface area contributed by atoms with Gasteiger partial charge in [-0.25, -0.2) is 9.63 Å². The molecule has 0 amide bonds. The Morgan fingerprint density at radius 3 is 2.77 bits per heavy atom. The predicted octanol–water partition coefficient (Wildman–Crippen LogP) is 2.54. The van der Waals surface area contributed by atoms with Gasteiger partial charge >= 0.3 is 0 Å². The zero-order chi connectivity index (χ0) is 15.9. The van der Waals surface area contributed by atoms with E-state index in [4.69, 9.17) is 4.74 Å². The molecule has 114 valence electrons. The maximum absolute atomic E-state index is 12.0. The Balaban J connectivity index is 2.14. The van der Waals surface area contributed by atoms with Crippen molar-refractivity contribution >= 4 is 17.2 Å². The lowest BCUT2D eigenvalue weighted by molar-refractivity contribution is -0.592. The molecule has 7 heteroatoms. The molecule has 0 spiro atoms. The van der Waals surface area contributed by atoms with Gasteiger partial charge in [-0.05, 0) is 26.0 Å². The van der Waals surface area contributed by atoms with E-state index in [1.807, 2.05) is 18.7 Å². The van der Waals surface area contributed by atoms with Crippen molar-refractivity contribution in [2.24, 2.45) is 0 Å². The molecule has 0 saturated heterocycles. The van der Waals surface area contributed by atoms with Crippen LogP contribution in [-0.4, -0.2) is 17.1 Å². The van der Waals surface area contributed by atoms with Crippen molar-refractivity contribution in [3.63, 3.8) is 0 Å². The number of fused-ring (bicyclic) bond motifs is 1. The summed E-state index contributed by atoms with van der Waals surface area (Å²) in [7, 11) is 0. The van der Waals surface area contributed by atoms with E-state index < -0.39 is 10.5 Å². The van der Waals surface area contributed by atoms with E-state index in [1.54, 1.807) is 24.3 Å². The first-order valence-corrected chi connectivity index (χ1v) is 6.81. The lowest BCUT2D eigenvalue weighted by Gasteiger charge is -2.36. The molecule has 7 nitrogen and oxygen atoms in total. The summed E-state index contributed by atoms with van der Waals surface area (Å²) in [4.78, 5) is 12.3. The summed E-state index contributed by atoms with van der Waals surface area (Å²) in [5, 5.41) is 23.0. The van der Waals surface area contributed by atoms with Crippen molar-refractivity contribution < 1.29 is 14.4 Å². The molecule has 1 aromatic carbocycles. The van der Waals surface area contributed by atoms with Crippen molar-refractivity contribution in [2.45, 2.75) is 19.4 Å². The first kappa shape index (κ1) is 14.1. The van der Waals surface area contributed by atoms with Gasteiger partial charge in [0, 0.05) is 12.1 Å². The van der Waals surface area contributed by atoms with Gasteiger partial charge in [0.15, 0.2) is 11.4 Å². The Bertz CT molecular complexity index is 745. The zero-order valence-electron chi connectivity index (χ0n) is 12.2. The molecule has 0 atom stereocenters. The molecule has 0 bridgehead atoms. The van der Waals surface area contributed by atoms with Crippen molar-refractivity contribution in [2.75, 3.05) is 11.4 Å². The molecule has 2 aromatic rings. The van der Waals surface area contributed by atoms with Gasteiger partial charge in [0.1, 0.15) is 12.1 Å². The topological polar surface area (TPSA) is 82.5 Å². The quantitative estimate of drug-likeness (QED) is 0.368. The Morgan fingerprint density at radius 1 is 1.32 bits per heavy atom. The summed E-state index contributed by atoms with van der Waals surface area (Å²) in [6.45, 7) is 4.21. The van der Waals surface area contributed by atoms with Crippen molar-refractivity contribution in [3.8, 4) is 5.75 Å². The minimum atomic E-state index is -0.578. The van der Waals surface area contributed by atoms with E-state index in [-0.39, 0.29) is 5.69 Å². The molecular formula is C15H15N3O4. The number of non-ortho nitro benzene ring substituents is 1. The average molecular weight is 301 g/mol. The highest BCUT2D eigenvalue weighted by Crippen LogP contribution is 2.41. The Hall–Kier alpha value is -2.83. The molecule has 0 N–H and O–H groups in total. The standard InChI is InChI=1S/C15H15N3O4/c1-15(2)10-16(14-5-3-4-8-17(14)19)12-7-6-11(18(20)21)9-13(12)22-15/h3-9H,10H2,1-2H3. The molecule has 0 saturated carbocycles. The van der Waals surface area contributed by atoms with Crippen LogP contribution in [0, 0.1) is 15.3 Å². The smallest absolute Gasteiger partial charge is 0.285 e. The molecule has 0 unspecified atom stereocenters. The van der Waals surface area contributed by atoms with Crippen molar-refractivity contribution in [3.05, 3.63) is 57.9 Å². The number of aromatic nitrogens is 1. The normalized spacial score (nSPS) is 15.8. The van der Waals surface area contributed by atoms with Crippen LogP contribution in [0.4, 0.5) is 17.2 Å². The maximum atomic E-state index is 12.0. The third kappa shape index (κ3) is 2.41.